The summed E-state index contributed by atoms with van der Waals surface area (Å²) in [5.74, 6) is 0.108. The zero-order valence-electron chi connectivity index (χ0n) is 20.7. The second-order valence-corrected chi connectivity index (χ2v) is 9.85. The molecule has 2 amide bonds. The van der Waals surface area contributed by atoms with E-state index >= 15 is 0 Å². The number of hydrogen-bond donors (Lipinski definition) is 1. The number of benzene rings is 3. The van der Waals surface area contributed by atoms with E-state index in [-0.39, 0.29) is 25.0 Å². The first-order valence-electron chi connectivity index (χ1n) is 12.2. The summed E-state index contributed by atoms with van der Waals surface area (Å²) >= 11 is 9.75. The van der Waals surface area contributed by atoms with Crippen LogP contribution in [0.5, 0.6) is 5.75 Å². The lowest BCUT2D eigenvalue weighted by molar-refractivity contribution is -0.142. The van der Waals surface area contributed by atoms with Crippen LogP contribution in [0.1, 0.15) is 37.0 Å². The van der Waals surface area contributed by atoms with Crippen molar-refractivity contribution >= 4 is 39.3 Å². The summed E-state index contributed by atoms with van der Waals surface area (Å²) in [7, 11) is 0. The van der Waals surface area contributed by atoms with Gasteiger partial charge in [-0.25, -0.2) is 0 Å². The Morgan fingerprint density at radius 2 is 1.72 bits per heavy atom. The van der Waals surface area contributed by atoms with Crippen molar-refractivity contribution in [1.82, 2.24) is 10.2 Å². The Kier molecular flexibility index (Phi) is 10.8. The maximum atomic E-state index is 13.6. The molecule has 0 saturated heterocycles. The van der Waals surface area contributed by atoms with E-state index in [4.69, 9.17) is 16.3 Å². The van der Waals surface area contributed by atoms with E-state index in [2.05, 4.69) is 28.2 Å². The number of aryl methyl sites for hydroxylation is 1. The van der Waals surface area contributed by atoms with Crippen molar-refractivity contribution in [3.63, 3.8) is 0 Å². The van der Waals surface area contributed by atoms with Gasteiger partial charge in [0.05, 0.1) is 4.47 Å². The van der Waals surface area contributed by atoms with Gasteiger partial charge in [0.15, 0.2) is 6.61 Å². The third-order valence-electron chi connectivity index (χ3n) is 5.82. The van der Waals surface area contributed by atoms with Crippen molar-refractivity contribution in [3.8, 4) is 5.75 Å². The average molecular weight is 572 g/mol. The van der Waals surface area contributed by atoms with Crippen LogP contribution in [0.2, 0.25) is 5.02 Å². The van der Waals surface area contributed by atoms with Crippen LogP contribution in [-0.2, 0) is 29.0 Å². The molecule has 0 spiro atoms. The number of ether oxygens (including phenoxy) is 1. The molecule has 1 atom stereocenters. The molecule has 0 radical (unpaired) electrons. The topological polar surface area (TPSA) is 58.6 Å². The quantitative estimate of drug-likeness (QED) is 0.281. The van der Waals surface area contributed by atoms with E-state index < -0.39 is 6.04 Å². The normalized spacial score (nSPS) is 11.6. The molecule has 3 aromatic rings. The number of amides is 2. The summed E-state index contributed by atoms with van der Waals surface area (Å²) in [5.41, 5.74) is 2.97. The smallest absolute Gasteiger partial charge is 0.261 e. The zero-order chi connectivity index (χ0) is 25.9. The predicted octanol–water partition coefficient (Wildman–Crippen LogP) is 6.21. The minimum Gasteiger partial charge on any atom is -0.483 e. The second kappa shape index (κ2) is 14.0. The van der Waals surface area contributed by atoms with Gasteiger partial charge in [0.2, 0.25) is 5.91 Å². The molecule has 3 aromatic carbocycles. The van der Waals surface area contributed by atoms with Crippen molar-refractivity contribution in [2.75, 3.05) is 13.2 Å². The molecule has 0 aliphatic carbocycles. The number of carbonyl (C=O) groups excluding carboxylic acids is 2. The van der Waals surface area contributed by atoms with Gasteiger partial charge in [0.1, 0.15) is 11.8 Å². The molecule has 36 heavy (non-hydrogen) atoms. The highest BCUT2D eigenvalue weighted by Crippen LogP contribution is 2.26. The number of carbonyl (C=O) groups is 2. The largest absolute Gasteiger partial charge is 0.483 e. The highest BCUT2D eigenvalue weighted by molar-refractivity contribution is 9.10. The first-order valence-corrected chi connectivity index (χ1v) is 13.3. The van der Waals surface area contributed by atoms with Crippen molar-refractivity contribution in [1.29, 1.82) is 0 Å². The summed E-state index contributed by atoms with van der Waals surface area (Å²) in [4.78, 5) is 28.5. The second-order valence-electron chi connectivity index (χ2n) is 8.56. The molecule has 5 nitrogen and oxygen atoms in total. The van der Waals surface area contributed by atoms with E-state index in [0.29, 0.717) is 23.7 Å². The molecular formula is C29H32BrClN2O3. The minimum absolute atomic E-state index is 0.190. The highest BCUT2D eigenvalue weighted by atomic mass is 79.9. The molecule has 0 aliphatic heterocycles. The standard InChI is InChI=1S/C29H32BrClN2O3/c1-3-15-32-29(35)26(18-22-9-6-5-7-10-22)33(19-23-11-8-12-24(31)16-23)28(34)20-36-27-14-13-21(4-2)17-25(27)30/h5-14,16-17,26H,3-4,15,18-20H2,1-2H3,(H,32,35)/t26-/m0/s1. The predicted molar refractivity (Wildman–Crippen MR) is 148 cm³/mol. The fraction of sp³-hybridized carbons (Fsp3) is 0.310. The van der Waals surface area contributed by atoms with Crippen LogP contribution in [0, 0.1) is 0 Å². The van der Waals surface area contributed by atoms with Gasteiger partial charge in [-0.2, -0.15) is 0 Å². The number of halogens is 2. The Hall–Kier alpha value is -2.83. The maximum absolute atomic E-state index is 13.6. The van der Waals surface area contributed by atoms with E-state index in [1.807, 2.05) is 73.7 Å². The number of nitrogens with one attached hydrogen (secondary N) is 1. The molecule has 0 bridgehead atoms. The molecule has 3 rings (SSSR count). The van der Waals surface area contributed by atoms with Crippen LogP contribution in [0.15, 0.2) is 77.3 Å². The van der Waals surface area contributed by atoms with Crippen LogP contribution in [-0.4, -0.2) is 35.9 Å². The number of nitrogens with zero attached hydrogens (tertiary/aromatic N) is 1. The maximum Gasteiger partial charge on any atom is 0.261 e. The van der Waals surface area contributed by atoms with Crippen LogP contribution in [0.25, 0.3) is 0 Å². The molecule has 7 heteroatoms. The Balaban J connectivity index is 1.89. The third kappa shape index (κ3) is 8.10. The summed E-state index contributed by atoms with van der Waals surface area (Å²) in [6, 6.07) is 22.2. The first-order chi connectivity index (χ1) is 17.4. The van der Waals surface area contributed by atoms with E-state index in [1.54, 1.807) is 11.0 Å². The van der Waals surface area contributed by atoms with E-state index in [0.717, 1.165) is 28.4 Å². The van der Waals surface area contributed by atoms with E-state index in [1.165, 1.54) is 5.56 Å². The monoisotopic (exact) mass is 570 g/mol. The molecule has 0 heterocycles. The summed E-state index contributed by atoms with van der Waals surface area (Å²) in [6.07, 6.45) is 2.09. The average Bonchev–Trinajstić information content (AvgIpc) is 2.89. The van der Waals surface area contributed by atoms with Gasteiger partial charge in [-0.15, -0.1) is 0 Å². The van der Waals surface area contributed by atoms with Crippen LogP contribution in [0.4, 0.5) is 0 Å². The Morgan fingerprint density at radius 3 is 2.39 bits per heavy atom. The third-order valence-corrected chi connectivity index (χ3v) is 6.67. The molecule has 0 saturated carbocycles. The summed E-state index contributed by atoms with van der Waals surface area (Å²) in [5, 5.41) is 3.55. The molecule has 1 N–H and O–H groups in total. The number of rotatable bonds is 12. The van der Waals surface area contributed by atoms with Gasteiger partial charge in [-0.1, -0.05) is 74.0 Å². The van der Waals surface area contributed by atoms with Crippen LogP contribution in [0.3, 0.4) is 0 Å². The molecule has 0 aromatic heterocycles. The van der Waals surface area contributed by atoms with E-state index in [9.17, 15) is 9.59 Å². The Morgan fingerprint density at radius 1 is 0.972 bits per heavy atom. The lowest BCUT2D eigenvalue weighted by Crippen LogP contribution is -2.51. The van der Waals surface area contributed by atoms with Crippen molar-refractivity contribution in [2.24, 2.45) is 0 Å². The van der Waals surface area contributed by atoms with Gasteiger partial charge < -0.3 is 15.0 Å². The van der Waals surface area contributed by atoms with Gasteiger partial charge >= 0.3 is 0 Å². The van der Waals surface area contributed by atoms with Crippen molar-refractivity contribution < 1.29 is 14.3 Å². The summed E-state index contributed by atoms with van der Waals surface area (Å²) < 4.78 is 6.70. The highest BCUT2D eigenvalue weighted by Gasteiger charge is 2.30. The SMILES string of the molecule is CCCNC(=O)[C@H](Cc1ccccc1)N(Cc1cccc(Cl)c1)C(=O)COc1ccc(CC)cc1Br. The number of hydrogen-bond acceptors (Lipinski definition) is 3. The molecule has 0 unspecified atom stereocenters. The van der Waals surface area contributed by atoms with Crippen LogP contribution < -0.4 is 10.1 Å². The van der Waals surface area contributed by atoms with Gasteiger partial charge in [0.25, 0.3) is 5.91 Å². The fourth-order valence-corrected chi connectivity index (χ4v) is 4.61. The molecule has 190 valence electrons. The molecule has 0 aliphatic rings. The van der Waals surface area contributed by atoms with Crippen LogP contribution >= 0.6 is 27.5 Å². The minimum atomic E-state index is -0.708. The lowest BCUT2D eigenvalue weighted by Gasteiger charge is -2.31. The molecule has 0 fully saturated rings. The Bertz CT molecular complexity index is 1160. The summed E-state index contributed by atoms with van der Waals surface area (Å²) in [6.45, 7) is 4.65. The zero-order valence-corrected chi connectivity index (χ0v) is 23.0. The lowest BCUT2D eigenvalue weighted by atomic mass is 10.0. The van der Waals surface area contributed by atoms with Gasteiger partial charge in [-0.05, 0) is 69.7 Å². The van der Waals surface area contributed by atoms with Crippen molar-refractivity contribution in [2.45, 2.75) is 45.7 Å². The fourth-order valence-electron chi connectivity index (χ4n) is 3.86. The molecular weight excluding hydrogens is 540 g/mol. The van der Waals surface area contributed by atoms with Crippen molar-refractivity contribution in [3.05, 3.63) is 99.0 Å². The van der Waals surface area contributed by atoms with Gasteiger partial charge in [0, 0.05) is 24.5 Å². The van der Waals surface area contributed by atoms with Gasteiger partial charge in [-0.3, -0.25) is 9.59 Å². The first kappa shape index (κ1) is 27.8. The Labute approximate surface area is 226 Å².